The van der Waals surface area contributed by atoms with E-state index in [1.54, 1.807) is 0 Å². The van der Waals surface area contributed by atoms with Crippen LogP contribution in [-0.2, 0) is 0 Å². The summed E-state index contributed by atoms with van der Waals surface area (Å²) in [7, 11) is 0. The molecule has 0 atom stereocenters. The van der Waals surface area contributed by atoms with E-state index in [-0.39, 0.29) is 11.9 Å². The maximum absolute atomic E-state index is 12.3. The third-order valence-corrected chi connectivity index (χ3v) is 3.85. The van der Waals surface area contributed by atoms with Gasteiger partial charge in [0.2, 0.25) is 0 Å². The number of hydrogen-bond acceptors (Lipinski definition) is 3. The Labute approximate surface area is 121 Å². The highest BCUT2D eigenvalue weighted by Gasteiger charge is 2.20. The van der Waals surface area contributed by atoms with E-state index in [2.05, 4.69) is 16.3 Å². The van der Waals surface area contributed by atoms with Gasteiger partial charge in [-0.1, -0.05) is 17.2 Å². The number of carbonyl (C=O) groups excluding carboxylic acids is 1. The summed E-state index contributed by atoms with van der Waals surface area (Å²) in [6.45, 7) is 7.76. The van der Waals surface area contributed by atoms with Crippen molar-refractivity contribution in [3.63, 3.8) is 0 Å². The average Bonchev–Trinajstić information content (AvgIpc) is 2.40. The molecule has 0 unspecified atom stereocenters. The smallest absolute Gasteiger partial charge is 0.251 e. The fourth-order valence-electron chi connectivity index (χ4n) is 2.86. The maximum atomic E-state index is 12.3. The van der Waals surface area contributed by atoms with Crippen molar-refractivity contribution in [2.24, 2.45) is 5.73 Å². The minimum absolute atomic E-state index is 0.0501. The second-order valence-corrected chi connectivity index (χ2v) is 5.75. The lowest BCUT2D eigenvalue weighted by molar-refractivity contribution is 0.0912. The summed E-state index contributed by atoms with van der Waals surface area (Å²) in [4.78, 5) is 14.6. The van der Waals surface area contributed by atoms with E-state index in [1.165, 1.54) is 0 Å². The fraction of sp³-hybridized carbons (Fsp3) is 0.562. The summed E-state index contributed by atoms with van der Waals surface area (Å²) in [6.07, 6.45) is 2.02. The number of aryl methyl sites for hydroxylation is 2. The predicted octanol–water partition coefficient (Wildman–Crippen LogP) is 1.46. The number of hydrogen-bond donors (Lipinski definition) is 2. The van der Waals surface area contributed by atoms with Gasteiger partial charge in [-0.15, -0.1) is 0 Å². The first-order chi connectivity index (χ1) is 9.58. The van der Waals surface area contributed by atoms with Gasteiger partial charge in [0.05, 0.1) is 0 Å². The number of amides is 1. The van der Waals surface area contributed by atoms with Crippen molar-refractivity contribution in [1.82, 2.24) is 10.2 Å². The Morgan fingerprint density at radius 2 is 1.85 bits per heavy atom. The molecule has 3 N–H and O–H groups in total. The summed E-state index contributed by atoms with van der Waals surface area (Å²) in [6, 6.07) is 6.28. The molecule has 0 aromatic heterocycles. The van der Waals surface area contributed by atoms with Crippen LogP contribution in [0.15, 0.2) is 18.2 Å². The molecule has 20 heavy (non-hydrogen) atoms. The number of nitrogens with two attached hydrogens (primary N) is 1. The van der Waals surface area contributed by atoms with Crippen LogP contribution in [0.2, 0.25) is 0 Å². The van der Waals surface area contributed by atoms with Gasteiger partial charge < -0.3 is 16.0 Å². The van der Waals surface area contributed by atoms with Crippen LogP contribution < -0.4 is 11.1 Å². The predicted molar refractivity (Wildman–Crippen MR) is 81.9 cm³/mol. The average molecular weight is 275 g/mol. The van der Waals surface area contributed by atoms with Crippen LogP contribution in [-0.4, -0.2) is 43.0 Å². The number of piperidine rings is 1. The molecule has 1 aliphatic rings. The van der Waals surface area contributed by atoms with Gasteiger partial charge in [-0.3, -0.25) is 4.79 Å². The molecule has 0 bridgehead atoms. The zero-order valence-corrected chi connectivity index (χ0v) is 12.5. The van der Waals surface area contributed by atoms with Crippen molar-refractivity contribution in [3.8, 4) is 0 Å². The molecule has 0 radical (unpaired) electrons. The summed E-state index contributed by atoms with van der Waals surface area (Å²) in [5.74, 6) is 0.0501. The Balaban J connectivity index is 1.89. The summed E-state index contributed by atoms with van der Waals surface area (Å²) < 4.78 is 0. The summed E-state index contributed by atoms with van der Waals surface area (Å²) in [5, 5.41) is 3.16. The molecule has 1 aromatic rings. The monoisotopic (exact) mass is 275 g/mol. The Hall–Kier alpha value is -1.39. The van der Waals surface area contributed by atoms with E-state index in [0.29, 0.717) is 6.54 Å². The molecule has 1 heterocycles. The van der Waals surface area contributed by atoms with Gasteiger partial charge >= 0.3 is 0 Å². The number of nitrogens with one attached hydrogen (secondary N) is 1. The standard InChI is InChI=1S/C16H25N3O/c1-12-9-13(2)11-14(10-12)16(20)18-15-3-6-19(7-4-15)8-5-17/h9-11,15H,3-8,17H2,1-2H3,(H,18,20). The van der Waals surface area contributed by atoms with E-state index < -0.39 is 0 Å². The van der Waals surface area contributed by atoms with Crippen LogP contribution >= 0.6 is 0 Å². The van der Waals surface area contributed by atoms with Crippen LogP contribution in [0.1, 0.15) is 34.3 Å². The van der Waals surface area contributed by atoms with Crippen molar-refractivity contribution in [1.29, 1.82) is 0 Å². The van der Waals surface area contributed by atoms with Crippen LogP contribution in [0, 0.1) is 13.8 Å². The number of likely N-dealkylation sites (tertiary alicyclic amines) is 1. The van der Waals surface area contributed by atoms with Crippen molar-refractivity contribution >= 4 is 5.91 Å². The first-order valence-corrected chi connectivity index (χ1v) is 7.40. The van der Waals surface area contributed by atoms with E-state index in [4.69, 9.17) is 5.73 Å². The van der Waals surface area contributed by atoms with Crippen LogP contribution in [0.3, 0.4) is 0 Å². The minimum atomic E-state index is 0.0501. The number of nitrogens with zero attached hydrogens (tertiary/aromatic N) is 1. The lowest BCUT2D eigenvalue weighted by Gasteiger charge is -2.32. The topological polar surface area (TPSA) is 58.4 Å². The molecule has 2 rings (SSSR count). The molecular weight excluding hydrogens is 250 g/mol. The first kappa shape index (κ1) is 15.0. The number of carbonyl (C=O) groups is 1. The Morgan fingerprint density at radius 1 is 1.25 bits per heavy atom. The van der Waals surface area contributed by atoms with E-state index in [9.17, 15) is 4.79 Å². The lowest BCUT2D eigenvalue weighted by atomic mass is 10.0. The fourth-order valence-corrected chi connectivity index (χ4v) is 2.86. The highest BCUT2D eigenvalue weighted by molar-refractivity contribution is 5.94. The minimum Gasteiger partial charge on any atom is -0.349 e. The molecule has 0 spiro atoms. The van der Waals surface area contributed by atoms with Gasteiger partial charge in [0.15, 0.2) is 0 Å². The molecule has 0 saturated carbocycles. The van der Waals surface area contributed by atoms with Gasteiger partial charge in [-0.2, -0.15) is 0 Å². The Kier molecular flexibility index (Phi) is 5.15. The van der Waals surface area contributed by atoms with Crippen LogP contribution in [0.5, 0.6) is 0 Å². The van der Waals surface area contributed by atoms with Gasteiger partial charge in [0, 0.05) is 37.8 Å². The molecular formula is C16H25N3O. The van der Waals surface area contributed by atoms with E-state index in [0.717, 1.165) is 49.2 Å². The van der Waals surface area contributed by atoms with E-state index in [1.807, 2.05) is 26.0 Å². The molecule has 1 aliphatic heterocycles. The third-order valence-electron chi connectivity index (χ3n) is 3.85. The molecule has 1 saturated heterocycles. The van der Waals surface area contributed by atoms with Crippen LogP contribution in [0.25, 0.3) is 0 Å². The molecule has 4 heteroatoms. The zero-order chi connectivity index (χ0) is 14.5. The van der Waals surface area contributed by atoms with Gasteiger partial charge in [-0.25, -0.2) is 0 Å². The number of benzene rings is 1. The SMILES string of the molecule is Cc1cc(C)cc(C(=O)NC2CCN(CCN)CC2)c1. The van der Waals surface area contributed by atoms with E-state index >= 15 is 0 Å². The Morgan fingerprint density at radius 3 is 2.40 bits per heavy atom. The highest BCUT2D eigenvalue weighted by Crippen LogP contribution is 2.12. The maximum Gasteiger partial charge on any atom is 0.251 e. The summed E-state index contributed by atoms with van der Waals surface area (Å²) in [5.41, 5.74) is 8.60. The van der Waals surface area contributed by atoms with Gasteiger partial charge in [-0.05, 0) is 38.8 Å². The molecule has 1 aromatic carbocycles. The second kappa shape index (κ2) is 6.86. The Bertz CT molecular complexity index is 445. The van der Waals surface area contributed by atoms with Gasteiger partial charge in [0.25, 0.3) is 5.91 Å². The lowest BCUT2D eigenvalue weighted by Crippen LogP contribution is -2.45. The summed E-state index contributed by atoms with van der Waals surface area (Å²) >= 11 is 0. The number of rotatable bonds is 4. The first-order valence-electron chi connectivity index (χ1n) is 7.40. The molecule has 4 nitrogen and oxygen atoms in total. The van der Waals surface area contributed by atoms with Crippen molar-refractivity contribution < 1.29 is 4.79 Å². The second-order valence-electron chi connectivity index (χ2n) is 5.75. The van der Waals surface area contributed by atoms with Crippen molar-refractivity contribution in [3.05, 3.63) is 34.9 Å². The molecule has 1 fully saturated rings. The van der Waals surface area contributed by atoms with Crippen molar-refractivity contribution in [2.75, 3.05) is 26.2 Å². The molecule has 110 valence electrons. The molecule has 1 amide bonds. The normalized spacial score (nSPS) is 17.1. The highest BCUT2D eigenvalue weighted by atomic mass is 16.1. The quantitative estimate of drug-likeness (QED) is 0.874. The van der Waals surface area contributed by atoms with Gasteiger partial charge in [0.1, 0.15) is 0 Å². The zero-order valence-electron chi connectivity index (χ0n) is 12.5. The molecule has 0 aliphatic carbocycles. The van der Waals surface area contributed by atoms with Crippen molar-refractivity contribution in [2.45, 2.75) is 32.7 Å². The van der Waals surface area contributed by atoms with Crippen LogP contribution in [0.4, 0.5) is 0 Å². The third kappa shape index (κ3) is 4.05. The largest absolute Gasteiger partial charge is 0.349 e.